The minimum Gasteiger partial charge on any atom is -0.477 e. The van der Waals surface area contributed by atoms with Crippen LogP contribution >= 0.6 is 0 Å². The van der Waals surface area contributed by atoms with Crippen molar-refractivity contribution in [3.63, 3.8) is 0 Å². The number of ketones is 1. The Balaban J connectivity index is 1.37. The summed E-state index contributed by atoms with van der Waals surface area (Å²) >= 11 is 0. The summed E-state index contributed by atoms with van der Waals surface area (Å²) in [6.07, 6.45) is 9.16. The van der Waals surface area contributed by atoms with Gasteiger partial charge in [-0.25, -0.2) is 23.4 Å². The molecule has 0 bridgehead atoms. The number of hydrogen-bond acceptors (Lipinski definition) is 10. The summed E-state index contributed by atoms with van der Waals surface area (Å²) in [6, 6.07) is 5.33. The summed E-state index contributed by atoms with van der Waals surface area (Å²) in [7, 11) is -1.20. The van der Waals surface area contributed by atoms with Crippen molar-refractivity contribution >= 4 is 15.6 Å². The van der Waals surface area contributed by atoms with Crippen molar-refractivity contribution in [2.24, 2.45) is 0 Å². The maximum Gasteiger partial charge on any atom is 0.232 e. The first-order chi connectivity index (χ1) is 18.3. The average Bonchev–Trinajstić information content (AvgIpc) is 3.77. The van der Waals surface area contributed by atoms with E-state index < -0.39 is 15.3 Å². The van der Waals surface area contributed by atoms with E-state index in [2.05, 4.69) is 29.8 Å². The molecule has 0 atom stereocenters. The van der Waals surface area contributed by atoms with Gasteiger partial charge in [-0.3, -0.25) is 14.8 Å². The molecule has 0 unspecified atom stereocenters. The first-order valence-corrected chi connectivity index (χ1v) is 14.7. The fourth-order valence-corrected chi connectivity index (χ4v) is 6.47. The van der Waals surface area contributed by atoms with Crippen molar-refractivity contribution < 1.29 is 17.9 Å². The third-order valence-corrected chi connectivity index (χ3v) is 9.45. The number of Topliss-reactive ketones (excluding diaryl/α,β-unsaturated/α-hetero) is 1. The molecule has 1 aliphatic heterocycles. The smallest absolute Gasteiger partial charge is 0.232 e. The van der Waals surface area contributed by atoms with Crippen LogP contribution in [0.15, 0.2) is 43.0 Å². The van der Waals surface area contributed by atoms with Crippen LogP contribution in [0.25, 0.3) is 11.3 Å². The van der Waals surface area contributed by atoms with Crippen molar-refractivity contribution in [1.82, 2.24) is 29.8 Å². The van der Waals surface area contributed by atoms with Gasteiger partial charge >= 0.3 is 0 Å². The minimum absolute atomic E-state index is 0.00816. The van der Waals surface area contributed by atoms with Gasteiger partial charge in [-0.1, -0.05) is 0 Å². The molecule has 1 aliphatic carbocycles. The van der Waals surface area contributed by atoms with E-state index in [-0.39, 0.29) is 23.2 Å². The number of likely N-dealkylation sites (tertiary alicyclic amines) is 1. The van der Waals surface area contributed by atoms with Gasteiger partial charge in [0.2, 0.25) is 5.88 Å². The molecule has 0 radical (unpaired) electrons. The van der Waals surface area contributed by atoms with Crippen LogP contribution < -0.4 is 4.74 Å². The maximum absolute atomic E-state index is 13.9. The predicted octanol–water partition coefficient (Wildman–Crippen LogP) is 2.58. The van der Waals surface area contributed by atoms with Gasteiger partial charge in [0.05, 0.1) is 46.8 Å². The summed E-state index contributed by atoms with van der Waals surface area (Å²) in [4.78, 5) is 38.4. The van der Waals surface area contributed by atoms with Crippen LogP contribution in [0.3, 0.4) is 0 Å². The normalized spacial score (nSPS) is 17.7. The first-order valence-electron chi connectivity index (χ1n) is 12.9. The quantitative estimate of drug-likeness (QED) is 0.381. The van der Waals surface area contributed by atoms with Crippen LogP contribution in [0.2, 0.25) is 0 Å². The lowest BCUT2D eigenvalue weighted by molar-refractivity contribution is -0.126. The number of sulfone groups is 1. The van der Waals surface area contributed by atoms with Crippen molar-refractivity contribution in [1.29, 1.82) is 0 Å². The van der Waals surface area contributed by atoms with Crippen molar-refractivity contribution in [2.75, 3.05) is 26.7 Å². The first kappa shape index (κ1) is 26.3. The highest BCUT2D eigenvalue weighted by atomic mass is 32.2. The van der Waals surface area contributed by atoms with E-state index in [0.29, 0.717) is 61.1 Å². The molecule has 2 fully saturated rings. The van der Waals surface area contributed by atoms with Gasteiger partial charge in [-0.05, 0) is 70.9 Å². The Morgan fingerprint density at radius 1 is 1.05 bits per heavy atom. The summed E-state index contributed by atoms with van der Waals surface area (Å²) in [5, 5.41) is -0.262. The number of pyridine rings is 1. The van der Waals surface area contributed by atoms with E-state index in [1.54, 1.807) is 30.9 Å². The van der Waals surface area contributed by atoms with Crippen LogP contribution in [-0.2, 0) is 32.2 Å². The number of rotatable bonds is 10. The van der Waals surface area contributed by atoms with Crippen LogP contribution in [0, 0.1) is 0 Å². The molecule has 3 aromatic rings. The van der Waals surface area contributed by atoms with E-state index in [4.69, 9.17) is 4.74 Å². The zero-order valence-electron chi connectivity index (χ0n) is 21.7. The highest BCUT2D eigenvalue weighted by Crippen LogP contribution is 2.36. The summed E-state index contributed by atoms with van der Waals surface area (Å²) in [5.41, 5.74) is 1.62. The largest absolute Gasteiger partial charge is 0.477 e. The van der Waals surface area contributed by atoms with Crippen molar-refractivity contribution in [2.45, 2.75) is 55.4 Å². The van der Waals surface area contributed by atoms with Gasteiger partial charge in [-0.2, -0.15) is 0 Å². The van der Waals surface area contributed by atoms with Crippen molar-refractivity contribution in [3.8, 4) is 17.1 Å². The van der Waals surface area contributed by atoms with E-state index in [1.165, 1.54) is 0 Å². The molecule has 0 aromatic carbocycles. The SMILES string of the molecule is CCOc1cncc(-c2ccc(CC(=O)C3(c4nccc(CS(=O)(=O)C5CC5)n4)CCN(C)CC3)nc2)n1. The molecule has 10 nitrogen and oxygen atoms in total. The number of carbonyl (C=O) groups is 1. The molecule has 5 rings (SSSR count). The molecule has 0 N–H and O–H groups in total. The Kier molecular flexibility index (Phi) is 7.49. The number of aromatic nitrogens is 5. The summed E-state index contributed by atoms with van der Waals surface area (Å²) in [6.45, 7) is 3.83. The Morgan fingerprint density at radius 2 is 1.84 bits per heavy atom. The molecule has 4 heterocycles. The fourth-order valence-electron chi connectivity index (χ4n) is 4.80. The minimum atomic E-state index is -3.23. The van der Waals surface area contributed by atoms with Gasteiger partial charge in [0, 0.05) is 30.1 Å². The van der Waals surface area contributed by atoms with E-state index in [0.717, 1.165) is 18.7 Å². The van der Waals surface area contributed by atoms with E-state index in [9.17, 15) is 13.2 Å². The number of nitrogens with zero attached hydrogens (tertiary/aromatic N) is 6. The molecular formula is C27H32N6O4S. The molecule has 0 amide bonds. The van der Waals surface area contributed by atoms with E-state index in [1.807, 2.05) is 26.1 Å². The predicted molar refractivity (Wildman–Crippen MR) is 141 cm³/mol. The second kappa shape index (κ2) is 10.8. The number of carbonyl (C=O) groups excluding carboxylic acids is 1. The maximum atomic E-state index is 13.9. The Bertz CT molecular complexity index is 1400. The van der Waals surface area contributed by atoms with Gasteiger partial charge in [0.15, 0.2) is 15.6 Å². The number of ether oxygens (including phenoxy) is 1. The molecule has 38 heavy (non-hydrogen) atoms. The lowest BCUT2D eigenvalue weighted by atomic mass is 9.72. The van der Waals surface area contributed by atoms with Gasteiger partial charge in [0.1, 0.15) is 5.82 Å². The molecule has 0 spiro atoms. The molecule has 1 saturated carbocycles. The lowest BCUT2D eigenvalue weighted by Crippen LogP contribution is -2.48. The highest BCUT2D eigenvalue weighted by Gasteiger charge is 2.45. The van der Waals surface area contributed by atoms with Gasteiger partial charge in [0.25, 0.3) is 0 Å². The van der Waals surface area contributed by atoms with Crippen molar-refractivity contribution in [3.05, 3.63) is 60.2 Å². The molecule has 11 heteroatoms. The Morgan fingerprint density at radius 3 is 2.53 bits per heavy atom. The topological polar surface area (TPSA) is 128 Å². The number of piperidine rings is 1. The third kappa shape index (κ3) is 5.73. The van der Waals surface area contributed by atoms with E-state index >= 15 is 0 Å². The Labute approximate surface area is 222 Å². The summed E-state index contributed by atoms with van der Waals surface area (Å²) in [5.74, 6) is 0.735. The second-order valence-electron chi connectivity index (χ2n) is 10.1. The monoisotopic (exact) mass is 536 g/mol. The van der Waals surface area contributed by atoms with Crippen LogP contribution in [-0.4, -0.2) is 76.0 Å². The molecular weight excluding hydrogens is 504 g/mol. The Hall–Kier alpha value is -3.31. The van der Waals surface area contributed by atoms with Gasteiger partial charge in [-0.15, -0.1) is 0 Å². The molecule has 2 aliphatic rings. The van der Waals surface area contributed by atoms with Crippen LogP contribution in [0.1, 0.15) is 49.8 Å². The fraction of sp³-hybridized carbons (Fsp3) is 0.481. The average molecular weight is 537 g/mol. The zero-order valence-corrected chi connectivity index (χ0v) is 22.5. The van der Waals surface area contributed by atoms with Crippen LogP contribution in [0.4, 0.5) is 0 Å². The molecule has 3 aromatic heterocycles. The second-order valence-corrected chi connectivity index (χ2v) is 12.4. The summed E-state index contributed by atoms with van der Waals surface area (Å²) < 4.78 is 30.6. The third-order valence-electron chi connectivity index (χ3n) is 7.26. The molecule has 1 saturated heterocycles. The lowest BCUT2D eigenvalue weighted by Gasteiger charge is -2.38. The highest BCUT2D eigenvalue weighted by molar-refractivity contribution is 7.91. The van der Waals surface area contributed by atoms with Crippen LogP contribution in [0.5, 0.6) is 5.88 Å². The zero-order chi connectivity index (χ0) is 26.8. The number of hydrogen-bond donors (Lipinski definition) is 0. The molecule has 200 valence electrons. The standard InChI is InChI=1S/C27H32N6O4S/c1-3-37-25-17-28-16-23(32-25)19-4-5-20(30-15-19)14-24(34)27(9-12-33(2)13-10-27)26-29-11-8-21(31-26)18-38(35,36)22-6-7-22/h4-5,8,11,15-17,22H,3,6-7,9-10,12-14,18H2,1-2H3. The van der Waals surface area contributed by atoms with Gasteiger partial charge < -0.3 is 9.64 Å².